The number of fused-ring (bicyclic) bond motifs is 3. The van der Waals surface area contributed by atoms with Crippen molar-refractivity contribution < 1.29 is 0 Å². The molecule has 3 aliphatic carbocycles. The van der Waals surface area contributed by atoms with E-state index >= 15 is 0 Å². The van der Waals surface area contributed by atoms with E-state index in [0.717, 1.165) is 40.3 Å². The molecule has 0 nitrogen and oxygen atoms in total. The molecule has 3 aliphatic rings. The third-order valence-electron chi connectivity index (χ3n) is 9.63. The normalized spacial score (nSPS) is 36.5. The standard InChI is InChI=1S/C27H49Br/c1-5-7-13-22(28)14-9-8-12-20(6-2)21-17-18-24-23-15-10-11-16-25(23)27(3,4)26(24)19-21/h20-26H,5-19H2,1-4H3/t20?,21?,22?,23-,24?,25?,26?/m0/s1. The summed E-state index contributed by atoms with van der Waals surface area (Å²) in [5, 5.41) is 0. The topological polar surface area (TPSA) is 0 Å². The van der Waals surface area contributed by atoms with Crippen LogP contribution in [0.25, 0.3) is 0 Å². The van der Waals surface area contributed by atoms with Crippen molar-refractivity contribution in [3.8, 4) is 0 Å². The lowest BCUT2D eigenvalue weighted by Gasteiger charge is -2.42. The molecule has 0 aromatic carbocycles. The number of alkyl halides is 1. The fourth-order valence-corrected chi connectivity index (χ4v) is 8.66. The van der Waals surface area contributed by atoms with Crippen molar-refractivity contribution >= 4 is 15.9 Å². The van der Waals surface area contributed by atoms with Crippen LogP contribution in [0.3, 0.4) is 0 Å². The Morgan fingerprint density at radius 2 is 1.50 bits per heavy atom. The van der Waals surface area contributed by atoms with Crippen LogP contribution in [0.2, 0.25) is 0 Å². The molecule has 3 saturated carbocycles. The van der Waals surface area contributed by atoms with Crippen LogP contribution < -0.4 is 0 Å². The predicted molar refractivity (Wildman–Crippen MR) is 128 cm³/mol. The molecule has 164 valence electrons. The SMILES string of the molecule is CCCCC(Br)CCCCC(CC)C1CCC2C(C1)C(C)(C)C1CCCC[C@@H]21. The zero-order valence-electron chi connectivity index (χ0n) is 19.5. The summed E-state index contributed by atoms with van der Waals surface area (Å²) in [6.07, 6.45) is 22.1. The van der Waals surface area contributed by atoms with Gasteiger partial charge >= 0.3 is 0 Å². The molecule has 0 aromatic heterocycles. The lowest BCUT2D eigenvalue weighted by atomic mass is 9.63. The summed E-state index contributed by atoms with van der Waals surface area (Å²) in [5.41, 5.74) is 0.620. The van der Waals surface area contributed by atoms with Crippen molar-refractivity contribution in [2.45, 2.75) is 129 Å². The van der Waals surface area contributed by atoms with E-state index in [1.807, 2.05) is 0 Å². The number of rotatable bonds is 10. The molecule has 7 atom stereocenters. The summed E-state index contributed by atoms with van der Waals surface area (Å²) in [5.74, 6) is 6.30. The number of unbranched alkanes of at least 4 members (excludes halogenated alkanes) is 2. The summed E-state index contributed by atoms with van der Waals surface area (Å²) in [4.78, 5) is 0.769. The van der Waals surface area contributed by atoms with E-state index in [4.69, 9.17) is 0 Å². The van der Waals surface area contributed by atoms with Crippen molar-refractivity contribution in [3.63, 3.8) is 0 Å². The third kappa shape index (κ3) is 5.20. The Labute approximate surface area is 185 Å². The molecule has 28 heavy (non-hydrogen) atoms. The molecular weight excluding hydrogens is 404 g/mol. The summed E-state index contributed by atoms with van der Waals surface area (Å²) in [6.45, 7) is 10.1. The first-order valence-electron chi connectivity index (χ1n) is 13.1. The Morgan fingerprint density at radius 3 is 2.25 bits per heavy atom. The highest BCUT2D eigenvalue weighted by molar-refractivity contribution is 9.09. The highest BCUT2D eigenvalue weighted by Gasteiger charge is 2.56. The number of halogens is 1. The molecule has 0 spiro atoms. The minimum absolute atomic E-state index is 0.620. The van der Waals surface area contributed by atoms with E-state index in [2.05, 4.69) is 43.6 Å². The zero-order chi connectivity index (χ0) is 20.1. The van der Waals surface area contributed by atoms with Crippen molar-refractivity contribution in [3.05, 3.63) is 0 Å². The number of hydrogen-bond acceptors (Lipinski definition) is 0. The van der Waals surface area contributed by atoms with Gasteiger partial charge in [0.1, 0.15) is 0 Å². The van der Waals surface area contributed by atoms with Crippen molar-refractivity contribution in [2.75, 3.05) is 0 Å². The van der Waals surface area contributed by atoms with Crippen LogP contribution in [-0.4, -0.2) is 4.83 Å². The van der Waals surface area contributed by atoms with Gasteiger partial charge in [0, 0.05) is 4.83 Å². The molecular formula is C27H49Br. The molecule has 0 aromatic rings. The van der Waals surface area contributed by atoms with Gasteiger partial charge < -0.3 is 0 Å². The minimum Gasteiger partial charge on any atom is -0.0891 e. The summed E-state index contributed by atoms with van der Waals surface area (Å²) in [7, 11) is 0. The monoisotopic (exact) mass is 452 g/mol. The second-order valence-corrected chi connectivity index (χ2v) is 12.7. The van der Waals surface area contributed by atoms with Gasteiger partial charge in [-0.2, -0.15) is 0 Å². The largest absolute Gasteiger partial charge is 0.0891 e. The minimum atomic E-state index is 0.620. The van der Waals surface area contributed by atoms with Crippen LogP contribution >= 0.6 is 15.9 Å². The highest BCUT2D eigenvalue weighted by atomic mass is 79.9. The maximum Gasteiger partial charge on any atom is 0.0145 e. The van der Waals surface area contributed by atoms with E-state index in [0.29, 0.717) is 5.41 Å². The van der Waals surface area contributed by atoms with Gasteiger partial charge in [0.25, 0.3) is 0 Å². The van der Waals surface area contributed by atoms with Crippen LogP contribution in [0, 0.1) is 40.9 Å². The van der Waals surface area contributed by atoms with E-state index in [1.165, 1.54) is 70.6 Å². The second-order valence-electron chi connectivity index (χ2n) is 11.4. The lowest BCUT2D eigenvalue weighted by Crippen LogP contribution is -2.33. The molecule has 0 N–H and O–H groups in total. The summed E-state index contributed by atoms with van der Waals surface area (Å²) >= 11 is 3.91. The maximum absolute atomic E-state index is 3.91. The smallest absolute Gasteiger partial charge is 0.0145 e. The van der Waals surface area contributed by atoms with Crippen LogP contribution in [-0.2, 0) is 0 Å². The fourth-order valence-electron chi connectivity index (χ4n) is 8.01. The Hall–Kier alpha value is 0.480. The van der Waals surface area contributed by atoms with Gasteiger partial charge in [0.2, 0.25) is 0 Å². The summed E-state index contributed by atoms with van der Waals surface area (Å²) < 4.78 is 0. The first-order valence-corrected chi connectivity index (χ1v) is 14.0. The van der Waals surface area contributed by atoms with Crippen molar-refractivity contribution in [1.82, 2.24) is 0 Å². The molecule has 0 aliphatic heterocycles. The van der Waals surface area contributed by atoms with E-state index in [1.54, 1.807) is 25.7 Å². The van der Waals surface area contributed by atoms with Crippen LogP contribution in [0.1, 0.15) is 124 Å². The van der Waals surface area contributed by atoms with Gasteiger partial charge in [0.15, 0.2) is 0 Å². The third-order valence-corrected chi connectivity index (χ3v) is 10.5. The maximum atomic E-state index is 3.91. The lowest BCUT2D eigenvalue weighted by molar-refractivity contribution is 0.0751. The van der Waals surface area contributed by atoms with Crippen LogP contribution in [0.4, 0.5) is 0 Å². The Morgan fingerprint density at radius 1 is 0.821 bits per heavy atom. The molecule has 0 radical (unpaired) electrons. The fraction of sp³-hybridized carbons (Fsp3) is 1.00. The zero-order valence-corrected chi connectivity index (χ0v) is 21.1. The molecule has 6 unspecified atom stereocenters. The molecule has 0 heterocycles. The molecule has 0 bridgehead atoms. The van der Waals surface area contributed by atoms with E-state index in [9.17, 15) is 0 Å². The highest BCUT2D eigenvalue weighted by Crippen LogP contribution is 2.64. The Balaban J connectivity index is 1.48. The second kappa shape index (κ2) is 10.7. The summed E-state index contributed by atoms with van der Waals surface area (Å²) in [6, 6.07) is 0. The van der Waals surface area contributed by atoms with E-state index < -0.39 is 0 Å². The first-order chi connectivity index (χ1) is 13.5. The molecule has 3 fully saturated rings. The average molecular weight is 454 g/mol. The van der Waals surface area contributed by atoms with Gasteiger partial charge in [-0.15, -0.1) is 0 Å². The molecule has 0 amide bonds. The molecule has 3 rings (SSSR count). The molecule has 0 saturated heterocycles. The quantitative estimate of drug-likeness (QED) is 0.228. The van der Waals surface area contributed by atoms with Crippen molar-refractivity contribution in [2.24, 2.45) is 40.9 Å². The van der Waals surface area contributed by atoms with Gasteiger partial charge in [-0.1, -0.05) is 95.0 Å². The first kappa shape index (κ1) is 23.1. The van der Waals surface area contributed by atoms with Crippen molar-refractivity contribution in [1.29, 1.82) is 0 Å². The Bertz CT molecular complexity index is 455. The Kier molecular flexibility index (Phi) is 8.83. The van der Waals surface area contributed by atoms with E-state index in [-0.39, 0.29) is 0 Å². The average Bonchev–Trinajstić information content (AvgIpc) is 2.94. The van der Waals surface area contributed by atoms with Gasteiger partial charge in [-0.25, -0.2) is 0 Å². The van der Waals surface area contributed by atoms with Crippen LogP contribution in [0.5, 0.6) is 0 Å². The van der Waals surface area contributed by atoms with Gasteiger partial charge in [-0.3, -0.25) is 0 Å². The van der Waals surface area contributed by atoms with Crippen LogP contribution in [0.15, 0.2) is 0 Å². The number of hydrogen-bond donors (Lipinski definition) is 0. The predicted octanol–water partition coefficient (Wildman–Crippen LogP) is 9.41. The van der Waals surface area contributed by atoms with Gasteiger partial charge in [0.05, 0.1) is 0 Å². The molecule has 1 heteroatoms. The van der Waals surface area contributed by atoms with Gasteiger partial charge in [-0.05, 0) is 85.9 Å².